The van der Waals surface area contributed by atoms with Gasteiger partial charge in [0, 0.05) is 11.2 Å². The Hall–Kier alpha value is -2.56. The summed E-state index contributed by atoms with van der Waals surface area (Å²) in [5.74, 6) is 1.36. The molecule has 2 N–H and O–H groups in total. The van der Waals surface area contributed by atoms with Crippen molar-refractivity contribution in [3.05, 3.63) is 88.7 Å². The van der Waals surface area contributed by atoms with Crippen molar-refractivity contribution in [3.8, 4) is 11.5 Å². The van der Waals surface area contributed by atoms with E-state index in [9.17, 15) is 0 Å². The van der Waals surface area contributed by atoms with E-state index in [1.54, 1.807) is 13.3 Å². The monoisotopic (exact) mass is 368 g/mol. The molecule has 0 aliphatic rings. The van der Waals surface area contributed by atoms with Gasteiger partial charge in [-0.15, -0.1) is 0 Å². The lowest BCUT2D eigenvalue weighted by molar-refractivity contribution is 0.284. The summed E-state index contributed by atoms with van der Waals surface area (Å²) in [5.41, 5.74) is 9.19. The second-order valence-electron chi connectivity index (χ2n) is 5.97. The molecule has 3 rings (SSSR count). The van der Waals surface area contributed by atoms with Gasteiger partial charge in [-0.25, -0.2) is 0 Å². The van der Waals surface area contributed by atoms with Crippen molar-refractivity contribution in [3.63, 3.8) is 0 Å². The van der Waals surface area contributed by atoms with Crippen molar-refractivity contribution in [2.24, 2.45) is 5.73 Å². The molecule has 1 aromatic heterocycles. The highest BCUT2D eigenvalue weighted by atomic mass is 35.5. The lowest BCUT2D eigenvalue weighted by Crippen LogP contribution is -2.14. The van der Waals surface area contributed by atoms with Gasteiger partial charge < -0.3 is 15.2 Å². The van der Waals surface area contributed by atoms with Gasteiger partial charge >= 0.3 is 0 Å². The van der Waals surface area contributed by atoms with E-state index >= 15 is 0 Å². The van der Waals surface area contributed by atoms with Crippen LogP contribution in [0.5, 0.6) is 11.5 Å². The van der Waals surface area contributed by atoms with Gasteiger partial charge in [-0.1, -0.05) is 35.9 Å². The molecule has 0 amide bonds. The summed E-state index contributed by atoms with van der Waals surface area (Å²) >= 11 is 6.01. The summed E-state index contributed by atoms with van der Waals surface area (Å²) in [6.45, 7) is 0.420. The third-order valence-electron chi connectivity index (χ3n) is 4.03. The number of halogens is 1. The number of nitrogens with two attached hydrogens (primary N) is 1. The van der Waals surface area contributed by atoms with Gasteiger partial charge in [0.1, 0.15) is 6.61 Å². The predicted octanol–water partition coefficient (Wildman–Crippen LogP) is 4.57. The minimum absolute atomic E-state index is 0.167. The van der Waals surface area contributed by atoms with Crippen molar-refractivity contribution in [2.45, 2.75) is 19.1 Å². The Labute approximate surface area is 158 Å². The summed E-state index contributed by atoms with van der Waals surface area (Å²) < 4.78 is 11.4. The maximum atomic E-state index is 6.26. The Morgan fingerprint density at radius 2 is 1.88 bits per heavy atom. The summed E-state index contributed by atoms with van der Waals surface area (Å²) in [6, 6.07) is 19.0. The molecule has 0 fully saturated rings. The first kappa shape index (κ1) is 18.2. The maximum absolute atomic E-state index is 6.26. The molecule has 0 saturated carbocycles. The third-order valence-corrected chi connectivity index (χ3v) is 4.27. The van der Waals surface area contributed by atoms with E-state index in [2.05, 4.69) is 4.98 Å². The molecular weight excluding hydrogens is 348 g/mol. The first-order valence-corrected chi connectivity index (χ1v) is 8.74. The zero-order valence-electron chi connectivity index (χ0n) is 14.6. The predicted molar refractivity (Wildman–Crippen MR) is 104 cm³/mol. The van der Waals surface area contributed by atoms with Crippen molar-refractivity contribution >= 4 is 11.6 Å². The Morgan fingerprint density at radius 1 is 1.00 bits per heavy atom. The van der Waals surface area contributed by atoms with Crippen LogP contribution in [0.25, 0.3) is 0 Å². The van der Waals surface area contributed by atoms with Crippen molar-refractivity contribution < 1.29 is 9.47 Å². The van der Waals surface area contributed by atoms with Gasteiger partial charge in [0.15, 0.2) is 11.5 Å². The Balaban J connectivity index is 1.69. The highest BCUT2D eigenvalue weighted by Crippen LogP contribution is 2.30. The van der Waals surface area contributed by atoms with Crippen LogP contribution in [0, 0.1) is 0 Å². The van der Waals surface area contributed by atoms with E-state index in [-0.39, 0.29) is 6.04 Å². The number of rotatable bonds is 7. The number of ether oxygens (including phenoxy) is 2. The highest BCUT2D eigenvalue weighted by molar-refractivity contribution is 6.30. The molecule has 0 radical (unpaired) electrons. The lowest BCUT2D eigenvalue weighted by Gasteiger charge is -2.15. The van der Waals surface area contributed by atoms with Crippen molar-refractivity contribution in [2.75, 3.05) is 7.11 Å². The molecule has 3 aromatic rings. The van der Waals surface area contributed by atoms with Crippen LogP contribution in [0.3, 0.4) is 0 Å². The number of hydrogen-bond acceptors (Lipinski definition) is 4. The Bertz CT molecular complexity index is 856. The fourth-order valence-electron chi connectivity index (χ4n) is 2.70. The number of aromatic nitrogens is 1. The molecule has 0 saturated heterocycles. The second-order valence-corrected chi connectivity index (χ2v) is 6.41. The molecule has 5 heteroatoms. The molecule has 0 aliphatic carbocycles. The zero-order chi connectivity index (χ0) is 18.4. The molecule has 134 valence electrons. The van der Waals surface area contributed by atoms with E-state index < -0.39 is 0 Å². The molecule has 4 nitrogen and oxygen atoms in total. The number of hydrogen-bond donors (Lipinski definition) is 1. The van der Waals surface area contributed by atoms with Crippen LogP contribution in [0.1, 0.15) is 22.9 Å². The molecule has 0 spiro atoms. The van der Waals surface area contributed by atoms with Gasteiger partial charge in [0.05, 0.1) is 18.8 Å². The number of benzene rings is 2. The molecule has 0 bridgehead atoms. The fourth-order valence-corrected chi connectivity index (χ4v) is 2.91. The highest BCUT2D eigenvalue weighted by Gasteiger charge is 2.11. The molecule has 1 unspecified atom stereocenters. The molecule has 1 heterocycles. The van der Waals surface area contributed by atoms with Crippen LogP contribution >= 0.6 is 11.6 Å². The average Bonchev–Trinajstić information content (AvgIpc) is 2.67. The van der Waals surface area contributed by atoms with E-state index in [1.807, 2.05) is 60.7 Å². The first-order chi connectivity index (χ1) is 12.7. The molecule has 0 aliphatic heterocycles. The van der Waals surface area contributed by atoms with Crippen LogP contribution in [0.4, 0.5) is 0 Å². The van der Waals surface area contributed by atoms with Crippen LogP contribution in [-0.2, 0) is 13.0 Å². The maximum Gasteiger partial charge on any atom is 0.161 e. The molecule has 2 aromatic carbocycles. The van der Waals surface area contributed by atoms with Gasteiger partial charge in [0.2, 0.25) is 0 Å². The third kappa shape index (κ3) is 4.75. The Kier molecular flexibility index (Phi) is 6.10. The topological polar surface area (TPSA) is 57.4 Å². The van der Waals surface area contributed by atoms with E-state index in [0.29, 0.717) is 29.5 Å². The minimum Gasteiger partial charge on any atom is -0.493 e. The van der Waals surface area contributed by atoms with Crippen LogP contribution < -0.4 is 15.2 Å². The van der Waals surface area contributed by atoms with E-state index in [0.717, 1.165) is 16.8 Å². The van der Waals surface area contributed by atoms with Gasteiger partial charge in [-0.3, -0.25) is 4.98 Å². The standard InChI is InChI=1S/C21H21ClN2O2/c1-25-21-13-15(12-18(23)19-7-2-3-10-24-19)8-9-20(21)26-14-16-5-4-6-17(22)11-16/h2-11,13,18H,12,14,23H2,1H3. The smallest absolute Gasteiger partial charge is 0.161 e. The fraction of sp³-hybridized carbons (Fsp3) is 0.190. The Morgan fingerprint density at radius 3 is 2.62 bits per heavy atom. The molecule has 26 heavy (non-hydrogen) atoms. The van der Waals surface area contributed by atoms with Crippen molar-refractivity contribution in [1.29, 1.82) is 0 Å². The first-order valence-electron chi connectivity index (χ1n) is 8.36. The minimum atomic E-state index is -0.167. The summed E-state index contributed by atoms with van der Waals surface area (Å²) in [4.78, 5) is 4.31. The summed E-state index contributed by atoms with van der Waals surface area (Å²) in [5, 5.41) is 0.692. The zero-order valence-corrected chi connectivity index (χ0v) is 15.3. The largest absolute Gasteiger partial charge is 0.493 e. The number of methoxy groups -OCH3 is 1. The summed E-state index contributed by atoms with van der Waals surface area (Å²) in [7, 11) is 1.63. The molecule has 1 atom stereocenters. The van der Waals surface area contributed by atoms with Crippen molar-refractivity contribution in [1.82, 2.24) is 4.98 Å². The van der Waals surface area contributed by atoms with Crippen LogP contribution in [0.2, 0.25) is 5.02 Å². The normalized spacial score (nSPS) is 11.8. The van der Waals surface area contributed by atoms with E-state index in [1.165, 1.54) is 0 Å². The molecular formula is C21H21ClN2O2. The van der Waals surface area contributed by atoms with Gasteiger partial charge in [-0.2, -0.15) is 0 Å². The second kappa shape index (κ2) is 8.70. The van der Waals surface area contributed by atoms with Crippen LogP contribution in [0.15, 0.2) is 66.9 Å². The number of pyridine rings is 1. The number of nitrogens with zero attached hydrogens (tertiary/aromatic N) is 1. The van der Waals surface area contributed by atoms with Gasteiger partial charge in [0.25, 0.3) is 0 Å². The van der Waals surface area contributed by atoms with Gasteiger partial charge in [-0.05, 0) is 53.9 Å². The quantitative estimate of drug-likeness (QED) is 0.664. The van der Waals surface area contributed by atoms with E-state index in [4.69, 9.17) is 26.8 Å². The SMILES string of the molecule is COc1cc(CC(N)c2ccccn2)ccc1OCc1cccc(Cl)c1. The van der Waals surface area contributed by atoms with Crippen LogP contribution in [-0.4, -0.2) is 12.1 Å². The summed E-state index contributed by atoms with van der Waals surface area (Å²) in [6.07, 6.45) is 2.42. The lowest BCUT2D eigenvalue weighted by atomic mass is 10.0. The average molecular weight is 369 g/mol.